The van der Waals surface area contributed by atoms with Crippen LogP contribution in [-0.2, 0) is 0 Å². The Labute approximate surface area is 102 Å². The molecule has 0 fully saturated rings. The number of nitrogen functional groups attached to an aromatic ring is 1. The van der Waals surface area contributed by atoms with Crippen LogP contribution in [0.25, 0.3) is 0 Å². The summed E-state index contributed by atoms with van der Waals surface area (Å²) in [6.45, 7) is 0. The standard InChI is InChI=1S/C13H10F2N2O/c14-9-2-1-3-10(7-9)17-13(18)8-4-5-11(15)12(16)6-8/h1-7H,16H2,(H,17,18). The third-order valence-electron chi connectivity index (χ3n) is 2.34. The fourth-order valence-corrected chi connectivity index (χ4v) is 1.45. The molecule has 0 aromatic heterocycles. The Morgan fingerprint density at radius 2 is 1.89 bits per heavy atom. The summed E-state index contributed by atoms with van der Waals surface area (Å²) in [4.78, 5) is 11.8. The van der Waals surface area contributed by atoms with Crippen LogP contribution in [-0.4, -0.2) is 5.91 Å². The van der Waals surface area contributed by atoms with E-state index in [1.165, 1.54) is 30.3 Å². The predicted octanol–water partition coefficient (Wildman–Crippen LogP) is 2.80. The summed E-state index contributed by atoms with van der Waals surface area (Å²) in [7, 11) is 0. The van der Waals surface area contributed by atoms with Gasteiger partial charge in [0.2, 0.25) is 0 Å². The maximum absolute atomic E-state index is 12.9. The van der Waals surface area contributed by atoms with Gasteiger partial charge in [0.05, 0.1) is 5.69 Å². The first-order valence-electron chi connectivity index (χ1n) is 5.18. The summed E-state index contributed by atoms with van der Waals surface area (Å²) in [5.41, 5.74) is 5.78. The zero-order chi connectivity index (χ0) is 13.1. The van der Waals surface area contributed by atoms with Gasteiger partial charge in [0.25, 0.3) is 5.91 Å². The molecule has 2 aromatic rings. The van der Waals surface area contributed by atoms with Crippen molar-refractivity contribution in [1.29, 1.82) is 0 Å². The van der Waals surface area contributed by atoms with E-state index in [1.807, 2.05) is 0 Å². The minimum atomic E-state index is -0.586. The summed E-state index contributed by atoms with van der Waals surface area (Å²) < 4.78 is 25.9. The zero-order valence-corrected chi connectivity index (χ0v) is 9.28. The molecule has 3 nitrogen and oxygen atoms in total. The van der Waals surface area contributed by atoms with E-state index in [0.717, 1.165) is 6.07 Å². The second-order valence-electron chi connectivity index (χ2n) is 3.70. The molecule has 0 atom stereocenters. The van der Waals surface area contributed by atoms with Crippen molar-refractivity contribution in [2.24, 2.45) is 0 Å². The van der Waals surface area contributed by atoms with Gasteiger partial charge in [0.1, 0.15) is 11.6 Å². The fraction of sp³-hybridized carbons (Fsp3) is 0. The van der Waals surface area contributed by atoms with Crippen molar-refractivity contribution in [1.82, 2.24) is 0 Å². The molecule has 18 heavy (non-hydrogen) atoms. The molecule has 0 radical (unpaired) electrons. The van der Waals surface area contributed by atoms with Crippen molar-refractivity contribution in [2.45, 2.75) is 0 Å². The Hall–Kier alpha value is -2.43. The lowest BCUT2D eigenvalue weighted by Crippen LogP contribution is -2.12. The van der Waals surface area contributed by atoms with Gasteiger partial charge in [-0.25, -0.2) is 8.78 Å². The van der Waals surface area contributed by atoms with Crippen molar-refractivity contribution < 1.29 is 13.6 Å². The SMILES string of the molecule is Nc1cc(C(=O)Nc2cccc(F)c2)ccc1F. The monoisotopic (exact) mass is 248 g/mol. The number of carbonyl (C=O) groups excluding carboxylic acids is 1. The lowest BCUT2D eigenvalue weighted by Gasteiger charge is -2.06. The number of rotatable bonds is 2. The van der Waals surface area contributed by atoms with E-state index >= 15 is 0 Å². The molecule has 2 aromatic carbocycles. The molecular weight excluding hydrogens is 238 g/mol. The van der Waals surface area contributed by atoms with Crippen LogP contribution in [0.3, 0.4) is 0 Å². The van der Waals surface area contributed by atoms with E-state index in [1.54, 1.807) is 6.07 Å². The highest BCUT2D eigenvalue weighted by atomic mass is 19.1. The quantitative estimate of drug-likeness (QED) is 0.803. The van der Waals surface area contributed by atoms with Crippen LogP contribution in [0.2, 0.25) is 0 Å². The van der Waals surface area contributed by atoms with Crippen LogP contribution in [0.5, 0.6) is 0 Å². The fourth-order valence-electron chi connectivity index (χ4n) is 1.45. The van der Waals surface area contributed by atoms with Crippen LogP contribution in [0, 0.1) is 11.6 Å². The first kappa shape index (κ1) is 12.0. The molecule has 92 valence electrons. The van der Waals surface area contributed by atoms with Gasteiger partial charge >= 0.3 is 0 Å². The number of halogens is 2. The molecule has 0 aliphatic heterocycles. The Bertz CT molecular complexity index is 599. The van der Waals surface area contributed by atoms with Gasteiger partial charge < -0.3 is 11.1 Å². The van der Waals surface area contributed by atoms with Crippen LogP contribution in [0.15, 0.2) is 42.5 Å². The first-order valence-corrected chi connectivity index (χ1v) is 5.18. The van der Waals surface area contributed by atoms with Crippen molar-refractivity contribution in [3.63, 3.8) is 0 Å². The number of carbonyl (C=O) groups is 1. The Morgan fingerprint density at radius 3 is 2.56 bits per heavy atom. The molecule has 0 saturated carbocycles. The van der Waals surface area contributed by atoms with Gasteiger partial charge in [-0.15, -0.1) is 0 Å². The smallest absolute Gasteiger partial charge is 0.255 e. The van der Waals surface area contributed by atoms with E-state index in [9.17, 15) is 13.6 Å². The van der Waals surface area contributed by atoms with Gasteiger partial charge in [-0.3, -0.25) is 4.79 Å². The number of nitrogens with one attached hydrogen (secondary N) is 1. The van der Waals surface area contributed by atoms with Crippen LogP contribution in [0.4, 0.5) is 20.2 Å². The Kier molecular flexibility index (Phi) is 3.23. The first-order chi connectivity index (χ1) is 8.56. The van der Waals surface area contributed by atoms with Crippen molar-refractivity contribution in [2.75, 3.05) is 11.1 Å². The molecule has 0 saturated heterocycles. The molecule has 3 N–H and O–H groups in total. The maximum atomic E-state index is 12.9. The summed E-state index contributed by atoms with van der Waals surface area (Å²) in [6.07, 6.45) is 0. The molecule has 5 heteroatoms. The second-order valence-corrected chi connectivity index (χ2v) is 3.70. The summed E-state index contributed by atoms with van der Waals surface area (Å²) in [5, 5.41) is 2.49. The van der Waals surface area contributed by atoms with Crippen molar-refractivity contribution >= 4 is 17.3 Å². The van der Waals surface area contributed by atoms with Crippen LogP contribution in [0.1, 0.15) is 10.4 Å². The van der Waals surface area contributed by atoms with E-state index < -0.39 is 17.5 Å². The van der Waals surface area contributed by atoms with E-state index in [-0.39, 0.29) is 11.3 Å². The minimum absolute atomic E-state index is 0.109. The molecule has 0 bridgehead atoms. The molecule has 0 aliphatic rings. The number of hydrogen-bond donors (Lipinski definition) is 2. The normalized spacial score (nSPS) is 10.1. The van der Waals surface area contributed by atoms with Crippen LogP contribution >= 0.6 is 0 Å². The molecule has 2 rings (SSSR count). The Morgan fingerprint density at radius 1 is 1.11 bits per heavy atom. The largest absolute Gasteiger partial charge is 0.396 e. The lowest BCUT2D eigenvalue weighted by atomic mass is 10.2. The number of amides is 1. The van der Waals surface area contributed by atoms with Crippen molar-refractivity contribution in [3.05, 3.63) is 59.7 Å². The third-order valence-corrected chi connectivity index (χ3v) is 2.34. The summed E-state index contributed by atoms with van der Waals surface area (Å²) in [5.74, 6) is -1.52. The average Bonchev–Trinajstić information content (AvgIpc) is 2.32. The molecule has 0 heterocycles. The van der Waals surface area contributed by atoms with E-state index in [4.69, 9.17) is 5.73 Å². The molecular formula is C13H10F2N2O. The predicted molar refractivity (Wildman–Crippen MR) is 65.2 cm³/mol. The second kappa shape index (κ2) is 4.83. The van der Waals surface area contributed by atoms with Gasteiger partial charge in [-0.2, -0.15) is 0 Å². The summed E-state index contributed by atoms with van der Waals surface area (Å²) in [6, 6.07) is 9.12. The van der Waals surface area contributed by atoms with Gasteiger partial charge in [-0.1, -0.05) is 6.07 Å². The van der Waals surface area contributed by atoms with E-state index in [2.05, 4.69) is 5.32 Å². The maximum Gasteiger partial charge on any atom is 0.255 e. The van der Waals surface area contributed by atoms with Gasteiger partial charge in [0.15, 0.2) is 0 Å². The van der Waals surface area contributed by atoms with E-state index in [0.29, 0.717) is 5.69 Å². The summed E-state index contributed by atoms with van der Waals surface area (Å²) >= 11 is 0. The Balaban J connectivity index is 2.19. The highest BCUT2D eigenvalue weighted by Crippen LogP contribution is 2.15. The van der Waals surface area contributed by atoms with Gasteiger partial charge in [-0.05, 0) is 36.4 Å². The lowest BCUT2D eigenvalue weighted by molar-refractivity contribution is 0.102. The zero-order valence-electron chi connectivity index (χ0n) is 9.28. The number of hydrogen-bond acceptors (Lipinski definition) is 2. The molecule has 0 unspecified atom stereocenters. The third kappa shape index (κ3) is 2.63. The van der Waals surface area contributed by atoms with Gasteiger partial charge in [0, 0.05) is 11.3 Å². The van der Waals surface area contributed by atoms with Crippen LogP contribution < -0.4 is 11.1 Å². The number of anilines is 2. The average molecular weight is 248 g/mol. The highest BCUT2D eigenvalue weighted by Gasteiger charge is 2.08. The number of benzene rings is 2. The van der Waals surface area contributed by atoms with Crippen molar-refractivity contribution in [3.8, 4) is 0 Å². The highest BCUT2D eigenvalue weighted by molar-refractivity contribution is 6.04. The number of nitrogens with two attached hydrogens (primary N) is 1. The minimum Gasteiger partial charge on any atom is -0.396 e. The molecule has 0 spiro atoms. The topological polar surface area (TPSA) is 55.1 Å². The molecule has 1 amide bonds. The molecule has 0 aliphatic carbocycles.